The maximum absolute atomic E-state index is 13.8. The first-order valence-corrected chi connectivity index (χ1v) is 13.0. The summed E-state index contributed by atoms with van der Waals surface area (Å²) in [6.07, 6.45) is 3.54. The van der Waals surface area contributed by atoms with Gasteiger partial charge in [-0.25, -0.2) is 0 Å². The van der Waals surface area contributed by atoms with Crippen molar-refractivity contribution in [2.24, 2.45) is 5.92 Å². The van der Waals surface area contributed by atoms with Crippen LogP contribution in [0, 0.1) is 5.92 Å². The molecule has 0 radical (unpaired) electrons. The monoisotopic (exact) mass is 487 g/mol. The first-order chi connectivity index (χ1) is 17.1. The number of rotatable bonds is 2. The lowest BCUT2D eigenvalue weighted by atomic mass is 9.94. The number of ether oxygens (including phenoxy) is 1. The second-order valence-electron chi connectivity index (χ2n) is 9.76. The van der Waals surface area contributed by atoms with Crippen molar-refractivity contribution in [3.05, 3.63) is 93.4 Å². The molecule has 3 aliphatic heterocycles. The maximum Gasteiger partial charge on any atom is 0.278 e. The Balaban J connectivity index is 1.44. The fourth-order valence-electron chi connectivity index (χ4n) is 6.24. The van der Waals surface area contributed by atoms with Gasteiger partial charge in [-0.05, 0) is 35.6 Å². The second kappa shape index (κ2) is 7.90. The summed E-state index contributed by atoms with van der Waals surface area (Å²) in [5, 5.41) is 13.0. The van der Waals surface area contributed by atoms with E-state index >= 15 is 0 Å². The lowest BCUT2D eigenvalue weighted by Crippen LogP contribution is -2.59. The van der Waals surface area contributed by atoms with Gasteiger partial charge in [0.25, 0.3) is 5.91 Å². The minimum Gasteiger partial charge on any atom is -0.502 e. The van der Waals surface area contributed by atoms with Crippen molar-refractivity contribution in [3.63, 3.8) is 0 Å². The van der Waals surface area contributed by atoms with Crippen LogP contribution < -0.4 is 10.4 Å². The Morgan fingerprint density at radius 1 is 0.971 bits per heavy atom. The van der Waals surface area contributed by atoms with Crippen molar-refractivity contribution in [1.29, 1.82) is 0 Å². The van der Waals surface area contributed by atoms with Crippen molar-refractivity contribution in [2.75, 3.05) is 18.3 Å². The molecule has 4 aliphatic rings. The van der Waals surface area contributed by atoms with Crippen molar-refractivity contribution in [1.82, 2.24) is 9.58 Å². The van der Waals surface area contributed by atoms with E-state index in [1.807, 2.05) is 28.8 Å². The van der Waals surface area contributed by atoms with Crippen molar-refractivity contribution < 1.29 is 14.6 Å². The molecule has 4 atom stereocenters. The van der Waals surface area contributed by atoms with Gasteiger partial charge < -0.3 is 14.7 Å². The molecule has 7 rings (SSSR count). The molecule has 2 unspecified atom stereocenters. The van der Waals surface area contributed by atoms with E-state index < -0.39 is 11.2 Å². The summed E-state index contributed by atoms with van der Waals surface area (Å²) in [5.41, 5.74) is 3.05. The predicted molar refractivity (Wildman–Crippen MR) is 132 cm³/mol. The average molecular weight is 488 g/mol. The molecule has 8 heteroatoms. The molecule has 7 nitrogen and oxygen atoms in total. The van der Waals surface area contributed by atoms with Gasteiger partial charge in [0, 0.05) is 34.9 Å². The Kier molecular flexibility index (Phi) is 4.76. The van der Waals surface area contributed by atoms with Crippen LogP contribution in [-0.4, -0.2) is 46.0 Å². The quantitative estimate of drug-likeness (QED) is 0.597. The van der Waals surface area contributed by atoms with Crippen LogP contribution in [0.5, 0.6) is 5.75 Å². The van der Waals surface area contributed by atoms with Crippen LogP contribution >= 0.6 is 11.8 Å². The highest BCUT2D eigenvalue weighted by molar-refractivity contribution is 7.98. The fraction of sp³-hybridized carbons (Fsp3) is 0.333. The third-order valence-electron chi connectivity index (χ3n) is 7.90. The van der Waals surface area contributed by atoms with Crippen molar-refractivity contribution in [2.45, 2.75) is 41.7 Å². The van der Waals surface area contributed by atoms with Crippen LogP contribution in [0.3, 0.4) is 0 Å². The number of nitrogens with zero attached hydrogens (tertiary/aromatic N) is 3. The molecule has 2 fully saturated rings. The lowest BCUT2D eigenvalue weighted by molar-refractivity contribution is 0.0163. The number of hydrogen-bond acceptors (Lipinski definition) is 6. The standard InChI is InChI=1S/C27H25N3O4S/c31-22-9-10-29-25(26(22)32)27(33)28(21-12-18-11-17(21)13-34-18)15-30(29)24-19-6-2-1-5-16(19)14-35-23-8-4-3-7-20(23)24/h1-10,17-18,21,24,32H,11-15H2/t17?,18?,21-,24+/m1/s1. The third-order valence-corrected chi connectivity index (χ3v) is 9.03. The molecular weight excluding hydrogens is 462 g/mol. The lowest BCUT2D eigenvalue weighted by Gasteiger charge is -2.47. The van der Waals surface area contributed by atoms with Crippen molar-refractivity contribution in [3.8, 4) is 5.75 Å². The van der Waals surface area contributed by atoms with Gasteiger partial charge in [0.1, 0.15) is 6.67 Å². The molecule has 1 saturated heterocycles. The predicted octanol–water partition coefficient (Wildman–Crippen LogP) is 3.48. The number of aromatic hydroxyl groups is 1. The number of fused-ring (bicyclic) bond motifs is 5. The number of hydrogen-bond donors (Lipinski definition) is 1. The van der Waals surface area contributed by atoms with E-state index in [1.165, 1.54) is 22.1 Å². The smallest absolute Gasteiger partial charge is 0.278 e. The van der Waals surface area contributed by atoms with Gasteiger partial charge in [0.05, 0.1) is 18.8 Å². The summed E-state index contributed by atoms with van der Waals surface area (Å²) >= 11 is 1.81. The highest BCUT2D eigenvalue weighted by Gasteiger charge is 2.48. The van der Waals surface area contributed by atoms with Gasteiger partial charge in [-0.1, -0.05) is 42.5 Å². The van der Waals surface area contributed by atoms with Gasteiger partial charge in [0.2, 0.25) is 5.43 Å². The largest absolute Gasteiger partial charge is 0.502 e. The molecule has 2 bridgehead atoms. The molecule has 1 aliphatic carbocycles. The topological polar surface area (TPSA) is 75.0 Å². The Morgan fingerprint density at radius 2 is 1.77 bits per heavy atom. The van der Waals surface area contributed by atoms with Crippen molar-refractivity contribution >= 4 is 17.7 Å². The maximum atomic E-state index is 13.8. The first kappa shape index (κ1) is 21.1. The minimum atomic E-state index is -0.542. The van der Waals surface area contributed by atoms with E-state index in [2.05, 4.69) is 41.4 Å². The Bertz CT molecular complexity index is 1360. The van der Waals surface area contributed by atoms with E-state index in [9.17, 15) is 14.7 Å². The molecule has 2 aromatic carbocycles. The molecular formula is C27H25N3O4S. The minimum absolute atomic E-state index is 0.0258. The number of carbonyl (C=O) groups is 1. The van der Waals surface area contributed by atoms with Crippen LogP contribution in [-0.2, 0) is 10.5 Å². The van der Waals surface area contributed by atoms with E-state index in [1.54, 1.807) is 10.9 Å². The van der Waals surface area contributed by atoms with Gasteiger partial charge in [0.15, 0.2) is 11.4 Å². The Morgan fingerprint density at radius 3 is 2.57 bits per heavy atom. The zero-order valence-electron chi connectivity index (χ0n) is 19.0. The zero-order chi connectivity index (χ0) is 23.7. The number of thioether (sulfide) groups is 1. The molecule has 1 amide bonds. The summed E-state index contributed by atoms with van der Waals surface area (Å²) in [6.45, 7) is 1.01. The van der Waals surface area contributed by atoms with Crippen LogP contribution in [0.4, 0.5) is 0 Å². The van der Waals surface area contributed by atoms with Gasteiger partial charge >= 0.3 is 0 Å². The van der Waals surface area contributed by atoms with E-state index in [4.69, 9.17) is 4.74 Å². The Labute approximate surface area is 206 Å². The molecule has 1 N–H and O–H groups in total. The SMILES string of the molecule is O=C1c2c(O)c(=O)ccn2N([C@H]2c3ccccc3CSc3ccccc32)CN1[C@@H]1CC2CC1CO2. The van der Waals surface area contributed by atoms with E-state index in [-0.39, 0.29) is 35.7 Å². The highest BCUT2D eigenvalue weighted by Crippen LogP contribution is 2.44. The van der Waals surface area contributed by atoms with E-state index in [0.717, 1.165) is 24.2 Å². The molecule has 4 heterocycles. The van der Waals surface area contributed by atoms with Crippen LogP contribution in [0.25, 0.3) is 0 Å². The van der Waals surface area contributed by atoms with Crippen LogP contribution in [0.1, 0.15) is 46.1 Å². The molecule has 1 saturated carbocycles. The molecule has 178 valence electrons. The normalized spacial score (nSPS) is 26.8. The molecule has 0 spiro atoms. The number of benzene rings is 2. The second-order valence-corrected chi connectivity index (χ2v) is 10.8. The summed E-state index contributed by atoms with van der Waals surface area (Å²) in [7, 11) is 0. The number of aromatic nitrogens is 1. The Hall–Kier alpha value is -3.23. The number of carbonyl (C=O) groups excluding carboxylic acids is 1. The van der Waals surface area contributed by atoms with Crippen LogP contribution in [0.15, 0.2) is 70.5 Å². The average Bonchev–Trinajstić information content (AvgIpc) is 3.47. The van der Waals surface area contributed by atoms with Crippen LogP contribution in [0.2, 0.25) is 0 Å². The molecule has 1 aromatic heterocycles. The summed E-state index contributed by atoms with van der Waals surface area (Å²) in [5.74, 6) is 0.348. The summed E-state index contributed by atoms with van der Waals surface area (Å²) in [6, 6.07) is 18.0. The number of pyridine rings is 1. The fourth-order valence-corrected chi connectivity index (χ4v) is 7.34. The first-order valence-electron chi connectivity index (χ1n) is 12.0. The van der Waals surface area contributed by atoms with Gasteiger partial charge in [-0.15, -0.1) is 11.8 Å². The molecule has 35 heavy (non-hydrogen) atoms. The van der Waals surface area contributed by atoms with Gasteiger partial charge in [-0.3, -0.25) is 19.3 Å². The third kappa shape index (κ3) is 3.16. The van der Waals surface area contributed by atoms with Gasteiger partial charge in [-0.2, -0.15) is 0 Å². The summed E-state index contributed by atoms with van der Waals surface area (Å²) in [4.78, 5) is 29.3. The van der Waals surface area contributed by atoms with E-state index in [0.29, 0.717) is 13.3 Å². The highest BCUT2D eigenvalue weighted by atomic mass is 32.2. The summed E-state index contributed by atoms with van der Waals surface area (Å²) < 4.78 is 7.52. The number of amides is 1. The zero-order valence-corrected chi connectivity index (χ0v) is 19.9. The molecule has 3 aromatic rings.